The van der Waals surface area contributed by atoms with Gasteiger partial charge in [0.2, 0.25) is 0 Å². The van der Waals surface area contributed by atoms with Crippen LogP contribution in [0.3, 0.4) is 0 Å². The maximum atomic E-state index is 7.87. The Labute approximate surface area is 42.2 Å². The molecule has 0 bridgehead atoms. The third-order valence-corrected chi connectivity index (χ3v) is 0.342. The molecule has 0 heterocycles. The molecule has 3 nitrogen and oxygen atoms in total. The number of hydrogen-bond donors (Lipinski definition) is 0. The smallest absolute Gasteiger partial charge is 0.169 e. The molecule has 0 saturated carbocycles. The minimum atomic E-state index is 0.174. The van der Waals surface area contributed by atoms with Crippen molar-refractivity contribution >= 4 is 6.40 Å². The lowest BCUT2D eigenvalue weighted by atomic mass is 10.8. The van der Waals surface area contributed by atoms with Crippen molar-refractivity contribution in [2.24, 2.45) is 4.99 Å². The summed E-state index contributed by atoms with van der Waals surface area (Å²) in [6.07, 6.45) is 1.24. The predicted octanol–water partition coefficient (Wildman–Crippen LogP) is 0.185. The largest absolute Gasteiger partial charge is 0.487 e. The van der Waals surface area contributed by atoms with E-state index >= 15 is 0 Å². The maximum Gasteiger partial charge on any atom is 0.169 e. The second-order valence-electron chi connectivity index (χ2n) is 0.840. The zero-order valence-corrected chi connectivity index (χ0v) is 4.09. The van der Waals surface area contributed by atoms with E-state index in [2.05, 4.69) is 9.73 Å². The summed E-state index contributed by atoms with van der Waals surface area (Å²) in [5.41, 5.74) is 0. The van der Waals surface area contributed by atoms with Crippen molar-refractivity contribution in [3.8, 4) is 6.07 Å². The summed E-state index contributed by atoms with van der Waals surface area (Å²) < 4.78 is 4.40. The number of hydrogen-bond acceptors (Lipinski definition) is 3. The zero-order chi connectivity index (χ0) is 5.54. The Hall–Kier alpha value is -1.04. The number of rotatable bonds is 2. The van der Waals surface area contributed by atoms with Crippen molar-refractivity contribution in [3.05, 3.63) is 0 Å². The second kappa shape index (κ2) is 4.96. The van der Waals surface area contributed by atoms with E-state index in [9.17, 15) is 0 Å². The molecule has 38 valence electrons. The topological polar surface area (TPSA) is 45.4 Å². The third-order valence-electron chi connectivity index (χ3n) is 0.342. The lowest BCUT2D eigenvalue weighted by Crippen LogP contribution is -1.77. The van der Waals surface area contributed by atoms with E-state index in [-0.39, 0.29) is 6.54 Å². The van der Waals surface area contributed by atoms with Crippen LogP contribution in [0, 0.1) is 11.3 Å². The summed E-state index contributed by atoms with van der Waals surface area (Å²) in [4.78, 5) is 3.50. The molecule has 0 saturated heterocycles. The van der Waals surface area contributed by atoms with Gasteiger partial charge in [-0.05, 0) is 0 Å². The molecular weight excluding hydrogens is 92.1 g/mol. The number of methoxy groups -OCH3 is 1. The van der Waals surface area contributed by atoms with E-state index < -0.39 is 0 Å². The molecule has 3 heteroatoms. The minimum absolute atomic E-state index is 0.174. The minimum Gasteiger partial charge on any atom is -0.487 e. The first-order valence-electron chi connectivity index (χ1n) is 1.80. The van der Waals surface area contributed by atoms with Gasteiger partial charge in [0, 0.05) is 0 Å². The molecular formula is C4H6N2O. The molecule has 0 rings (SSSR count). The molecule has 0 amide bonds. The van der Waals surface area contributed by atoms with Gasteiger partial charge in [-0.25, -0.2) is 4.99 Å². The van der Waals surface area contributed by atoms with E-state index in [0.717, 1.165) is 0 Å². The summed E-state index contributed by atoms with van der Waals surface area (Å²) in [7, 11) is 1.49. The molecule has 0 aromatic heterocycles. The highest BCUT2D eigenvalue weighted by molar-refractivity contribution is 5.46. The maximum absolute atomic E-state index is 7.87. The molecule has 7 heavy (non-hydrogen) atoms. The lowest BCUT2D eigenvalue weighted by Gasteiger charge is -1.78. The highest BCUT2D eigenvalue weighted by Crippen LogP contribution is 1.61. The van der Waals surface area contributed by atoms with Gasteiger partial charge in [-0.2, -0.15) is 5.26 Å². The molecule has 0 aliphatic heterocycles. The Balaban J connectivity index is 2.97. The highest BCUT2D eigenvalue weighted by atomic mass is 16.5. The fraction of sp³-hybridized carbons (Fsp3) is 0.500. The van der Waals surface area contributed by atoms with Crippen molar-refractivity contribution in [3.63, 3.8) is 0 Å². The summed E-state index contributed by atoms with van der Waals surface area (Å²) in [5, 5.41) is 7.87. The van der Waals surface area contributed by atoms with Crippen molar-refractivity contribution in [1.82, 2.24) is 0 Å². The van der Waals surface area contributed by atoms with Crippen LogP contribution < -0.4 is 0 Å². The Kier molecular flexibility index (Phi) is 4.22. The van der Waals surface area contributed by atoms with Crippen molar-refractivity contribution in [1.29, 1.82) is 5.26 Å². The van der Waals surface area contributed by atoms with Gasteiger partial charge < -0.3 is 4.74 Å². The van der Waals surface area contributed by atoms with Gasteiger partial charge >= 0.3 is 0 Å². The van der Waals surface area contributed by atoms with Crippen molar-refractivity contribution < 1.29 is 4.74 Å². The zero-order valence-electron chi connectivity index (χ0n) is 4.09. The first-order valence-corrected chi connectivity index (χ1v) is 1.80. The van der Waals surface area contributed by atoms with Crippen LogP contribution >= 0.6 is 0 Å². The highest BCUT2D eigenvalue weighted by Gasteiger charge is 1.65. The van der Waals surface area contributed by atoms with E-state index in [1.807, 2.05) is 6.07 Å². The molecule has 0 aliphatic rings. The van der Waals surface area contributed by atoms with Gasteiger partial charge in [0.25, 0.3) is 0 Å². The van der Waals surface area contributed by atoms with Crippen LogP contribution in [0.2, 0.25) is 0 Å². The monoisotopic (exact) mass is 98.0 g/mol. The van der Waals surface area contributed by atoms with E-state index in [1.165, 1.54) is 13.5 Å². The average Bonchev–Trinajstić information content (AvgIpc) is 1.69. The van der Waals surface area contributed by atoms with E-state index in [4.69, 9.17) is 5.26 Å². The van der Waals surface area contributed by atoms with Crippen LogP contribution in [0.25, 0.3) is 0 Å². The van der Waals surface area contributed by atoms with Crippen LogP contribution in [0.1, 0.15) is 0 Å². The summed E-state index contributed by atoms with van der Waals surface area (Å²) in [6, 6.07) is 1.82. The molecule has 0 fully saturated rings. The lowest BCUT2D eigenvalue weighted by molar-refractivity contribution is 0.421. The van der Waals surface area contributed by atoms with Crippen molar-refractivity contribution in [2.75, 3.05) is 13.7 Å². The van der Waals surface area contributed by atoms with Crippen LogP contribution in [-0.4, -0.2) is 20.1 Å². The van der Waals surface area contributed by atoms with Gasteiger partial charge in [0.1, 0.15) is 6.54 Å². The van der Waals surface area contributed by atoms with Crippen LogP contribution in [0.4, 0.5) is 0 Å². The number of aliphatic imine (C=N–C) groups is 1. The fourth-order valence-electron chi connectivity index (χ4n) is 0.153. The Bertz CT molecular complexity index is 92.4. The van der Waals surface area contributed by atoms with Crippen molar-refractivity contribution in [2.45, 2.75) is 0 Å². The molecule has 0 aromatic rings. The van der Waals surface area contributed by atoms with Gasteiger partial charge in [0.15, 0.2) is 6.40 Å². The predicted molar refractivity (Wildman–Crippen MR) is 26.0 cm³/mol. The Morgan fingerprint density at radius 3 is 3.14 bits per heavy atom. The molecule has 0 spiro atoms. The Morgan fingerprint density at radius 2 is 2.71 bits per heavy atom. The standard InChI is InChI=1S/C4H6N2O/c1-7-4-6-3-2-5/h4H,3H2,1H3. The Morgan fingerprint density at radius 1 is 2.00 bits per heavy atom. The summed E-state index contributed by atoms with van der Waals surface area (Å²) in [6.45, 7) is 0.174. The quantitative estimate of drug-likeness (QED) is 0.281. The first kappa shape index (κ1) is 5.96. The average molecular weight is 98.1 g/mol. The SMILES string of the molecule is COC=NCC#N. The normalized spacial score (nSPS) is 8.57. The van der Waals surface area contributed by atoms with Gasteiger partial charge in [-0.1, -0.05) is 0 Å². The summed E-state index contributed by atoms with van der Waals surface area (Å²) in [5.74, 6) is 0. The van der Waals surface area contributed by atoms with E-state index in [1.54, 1.807) is 0 Å². The number of ether oxygens (including phenoxy) is 1. The second-order valence-corrected chi connectivity index (χ2v) is 0.840. The molecule has 0 radical (unpaired) electrons. The fourth-order valence-corrected chi connectivity index (χ4v) is 0.153. The molecule has 0 atom stereocenters. The van der Waals surface area contributed by atoms with Crippen LogP contribution in [0.5, 0.6) is 0 Å². The summed E-state index contributed by atoms with van der Waals surface area (Å²) >= 11 is 0. The van der Waals surface area contributed by atoms with Gasteiger partial charge in [-0.15, -0.1) is 0 Å². The van der Waals surface area contributed by atoms with Crippen LogP contribution in [0.15, 0.2) is 4.99 Å². The molecule has 0 aromatic carbocycles. The molecule has 0 N–H and O–H groups in total. The number of nitriles is 1. The first-order chi connectivity index (χ1) is 3.41. The van der Waals surface area contributed by atoms with Gasteiger partial charge in [-0.3, -0.25) is 0 Å². The number of nitrogens with zero attached hydrogens (tertiary/aromatic N) is 2. The van der Waals surface area contributed by atoms with Gasteiger partial charge in [0.05, 0.1) is 13.2 Å². The molecule has 0 aliphatic carbocycles. The molecule has 0 unspecified atom stereocenters. The van der Waals surface area contributed by atoms with E-state index in [0.29, 0.717) is 0 Å². The third kappa shape index (κ3) is 4.96. The van der Waals surface area contributed by atoms with Crippen LogP contribution in [-0.2, 0) is 4.74 Å².